The molecule has 5 N–H and O–H groups in total. The molecule has 0 atom stereocenters. The molecule has 17 nitrogen and oxygen atoms in total. The Kier molecular flexibility index (Phi) is 13.4. The third-order valence-electron chi connectivity index (χ3n) is 10.4. The highest BCUT2D eigenvalue weighted by Gasteiger charge is 2.32. The molecular formula is C41H53N11O6. The van der Waals surface area contributed by atoms with Crippen LogP contribution in [0.2, 0.25) is 0 Å². The number of hydrogen-bond donors (Lipinski definition) is 3. The van der Waals surface area contributed by atoms with Crippen molar-refractivity contribution < 1.29 is 23.7 Å². The van der Waals surface area contributed by atoms with Gasteiger partial charge in [0.05, 0.1) is 32.7 Å². The smallest absolute Gasteiger partial charge is 0.328 e. The summed E-state index contributed by atoms with van der Waals surface area (Å²) in [5, 5.41) is 0. The summed E-state index contributed by atoms with van der Waals surface area (Å²) < 4.78 is 22.5. The number of nitrogen functional groups attached to an aromatic ring is 2. The number of aromatic amines is 1. The predicted molar refractivity (Wildman–Crippen MR) is 220 cm³/mol. The van der Waals surface area contributed by atoms with Gasteiger partial charge in [-0.2, -0.15) is 19.9 Å². The van der Waals surface area contributed by atoms with Crippen molar-refractivity contribution in [2.24, 2.45) is 0 Å². The number of fused-ring (bicyclic) bond motifs is 2. The molecule has 2 saturated heterocycles. The topological polar surface area (TPSA) is 205 Å². The molecule has 0 saturated carbocycles. The molecule has 5 aromatic rings. The largest absolute Gasteiger partial charge is 0.461 e. The van der Waals surface area contributed by atoms with Crippen LogP contribution in [0, 0.1) is 0 Å². The van der Waals surface area contributed by atoms with E-state index in [0.717, 1.165) is 50.4 Å². The Bertz CT molecular complexity index is 2230. The van der Waals surface area contributed by atoms with Crippen molar-refractivity contribution in [2.45, 2.75) is 58.3 Å². The molecule has 0 radical (unpaired) electrons. The number of ether oxygens (including phenoxy) is 4. The van der Waals surface area contributed by atoms with Gasteiger partial charge in [0, 0.05) is 32.9 Å². The van der Waals surface area contributed by atoms with Gasteiger partial charge in [0.15, 0.2) is 11.5 Å². The van der Waals surface area contributed by atoms with E-state index in [1.165, 1.54) is 36.8 Å². The minimum absolute atomic E-state index is 0.0278. The summed E-state index contributed by atoms with van der Waals surface area (Å²) in [6.45, 7) is 8.78. The molecule has 58 heavy (non-hydrogen) atoms. The second-order valence-electron chi connectivity index (χ2n) is 14.7. The third kappa shape index (κ3) is 10.1. The van der Waals surface area contributed by atoms with Gasteiger partial charge in [0.2, 0.25) is 5.91 Å². The fourth-order valence-corrected chi connectivity index (χ4v) is 7.54. The van der Waals surface area contributed by atoms with E-state index >= 15 is 0 Å². The molecule has 1 amide bonds. The minimum Gasteiger partial charge on any atom is -0.461 e. The van der Waals surface area contributed by atoms with Crippen LogP contribution in [-0.2, 0) is 46.9 Å². The Labute approximate surface area is 337 Å². The normalized spacial score (nSPS) is 15.6. The van der Waals surface area contributed by atoms with E-state index in [4.69, 9.17) is 30.4 Å². The van der Waals surface area contributed by atoms with Crippen LogP contribution in [0.4, 0.5) is 17.5 Å². The van der Waals surface area contributed by atoms with Crippen LogP contribution < -0.4 is 31.5 Å². The average molecular weight is 796 g/mol. The number of nitrogens with zero attached hydrogens (tertiary/aromatic N) is 8. The first-order valence-electron chi connectivity index (χ1n) is 19.8. The summed E-state index contributed by atoms with van der Waals surface area (Å²) in [5.74, 6) is 0.988. The number of H-pyrrole nitrogens is 1. The van der Waals surface area contributed by atoms with Crippen molar-refractivity contribution in [1.29, 1.82) is 0 Å². The number of carbonyl (C=O) groups excluding carboxylic acids is 1. The maximum Gasteiger partial charge on any atom is 0.328 e. The lowest BCUT2D eigenvalue weighted by Gasteiger charge is -2.19. The number of hydrogen-bond acceptors (Lipinski definition) is 14. The number of amides is 1. The van der Waals surface area contributed by atoms with Crippen LogP contribution in [0.25, 0.3) is 11.2 Å². The molecule has 2 aromatic carbocycles. The molecule has 0 unspecified atom stereocenters. The highest BCUT2D eigenvalue weighted by molar-refractivity contribution is 6.01. The first kappa shape index (κ1) is 40.6. The summed E-state index contributed by atoms with van der Waals surface area (Å²) in [6.07, 6.45) is 5.29. The van der Waals surface area contributed by atoms with Crippen LogP contribution in [0.1, 0.15) is 53.5 Å². The lowest BCUT2D eigenvalue weighted by Crippen LogP contribution is -2.27. The Hall–Kier alpha value is -5.62. The number of likely N-dealkylation sites (tertiary alicyclic amines) is 2. The quantitative estimate of drug-likeness (QED) is 0.123. The average Bonchev–Trinajstić information content (AvgIpc) is 4.03. The number of anilines is 3. The number of carbonyl (C=O) groups is 1. The van der Waals surface area contributed by atoms with Crippen molar-refractivity contribution in [3.05, 3.63) is 86.8 Å². The van der Waals surface area contributed by atoms with E-state index in [-0.39, 0.29) is 35.9 Å². The number of benzene rings is 2. The van der Waals surface area contributed by atoms with Crippen LogP contribution in [0.3, 0.4) is 0 Å². The van der Waals surface area contributed by atoms with Gasteiger partial charge < -0.3 is 35.4 Å². The van der Waals surface area contributed by atoms with Crippen molar-refractivity contribution >= 4 is 34.5 Å². The second-order valence-corrected chi connectivity index (χ2v) is 14.7. The van der Waals surface area contributed by atoms with E-state index in [9.17, 15) is 9.59 Å². The van der Waals surface area contributed by atoms with E-state index in [0.29, 0.717) is 67.9 Å². The minimum atomic E-state index is -0.278. The molecule has 0 spiro atoms. The first-order chi connectivity index (χ1) is 28.3. The fraction of sp³-hybridized carbons (Fsp3) is 0.463. The Morgan fingerprint density at radius 1 is 0.655 bits per heavy atom. The fourth-order valence-electron chi connectivity index (χ4n) is 7.54. The van der Waals surface area contributed by atoms with Gasteiger partial charge in [-0.1, -0.05) is 48.5 Å². The molecule has 308 valence electrons. The van der Waals surface area contributed by atoms with Gasteiger partial charge in [0.25, 0.3) is 0 Å². The van der Waals surface area contributed by atoms with Crippen molar-refractivity contribution in [1.82, 2.24) is 39.3 Å². The Morgan fingerprint density at radius 2 is 1.17 bits per heavy atom. The molecule has 17 heteroatoms. The number of rotatable bonds is 16. The lowest BCUT2D eigenvalue weighted by atomic mass is 10.1. The Morgan fingerprint density at radius 3 is 1.74 bits per heavy atom. The van der Waals surface area contributed by atoms with E-state index in [1.54, 1.807) is 23.7 Å². The Balaban J connectivity index is 0.000000177. The molecule has 3 aliphatic heterocycles. The van der Waals surface area contributed by atoms with Crippen molar-refractivity contribution in [3.63, 3.8) is 0 Å². The molecule has 0 aliphatic carbocycles. The summed E-state index contributed by atoms with van der Waals surface area (Å²) in [7, 11) is 3.18. The first-order valence-corrected chi connectivity index (χ1v) is 19.8. The van der Waals surface area contributed by atoms with Crippen molar-refractivity contribution in [2.75, 3.05) is 83.2 Å². The van der Waals surface area contributed by atoms with Crippen LogP contribution in [-0.4, -0.2) is 112 Å². The lowest BCUT2D eigenvalue weighted by molar-refractivity contribution is -0.117. The maximum absolute atomic E-state index is 12.7. The number of nitrogens with two attached hydrogens (primary N) is 2. The number of methoxy groups -OCH3 is 2. The van der Waals surface area contributed by atoms with Gasteiger partial charge in [-0.25, -0.2) is 4.79 Å². The molecule has 3 aromatic heterocycles. The number of aromatic nitrogens is 6. The van der Waals surface area contributed by atoms with Crippen LogP contribution in [0.5, 0.6) is 12.0 Å². The standard InChI is InChI=1S/C21H27N5O3.C20H26N6O3/c1-28-9-10-29-21-23-19(22)17-12-18(27)26(20(17)24-21)14-16-6-4-5-15(11-16)13-25-7-2-3-8-25;1-28-9-10-29-19-23-17(21)16-18(24-19)26(20(27)22-16)13-15-6-4-5-14(11-15)12-25-7-2-3-8-25/h4-6,11H,2-3,7-10,12-14H2,1H3,(H2,22,23,24);4-6,11H,2-3,7-10,12-13H2,1H3,(H,22,27)(H2,21,23,24). The molecule has 2 fully saturated rings. The molecule has 6 heterocycles. The third-order valence-corrected chi connectivity index (χ3v) is 10.4. The SMILES string of the molecule is COCCOc1nc(N)c2[nH]c(=O)n(Cc3cccc(CN4CCCC4)c3)c2n1.COCCOc1nc(N)c2c(n1)N(Cc1cccc(CN3CCCC3)c1)C(=O)C2. The number of imidazole rings is 1. The van der Waals surface area contributed by atoms with Gasteiger partial charge in [0.1, 0.15) is 30.4 Å². The molecule has 3 aliphatic rings. The summed E-state index contributed by atoms with van der Waals surface area (Å²) >= 11 is 0. The van der Waals surface area contributed by atoms with Crippen LogP contribution in [0.15, 0.2) is 53.3 Å². The zero-order valence-electron chi connectivity index (χ0n) is 33.3. The van der Waals surface area contributed by atoms with E-state index in [2.05, 4.69) is 65.1 Å². The van der Waals surface area contributed by atoms with E-state index in [1.807, 2.05) is 18.2 Å². The summed E-state index contributed by atoms with van der Waals surface area (Å²) in [4.78, 5) is 51.7. The second kappa shape index (κ2) is 19.2. The number of nitrogens with one attached hydrogen (secondary N) is 1. The van der Waals surface area contributed by atoms with Gasteiger partial charge in [-0.15, -0.1) is 0 Å². The van der Waals surface area contributed by atoms with Crippen molar-refractivity contribution in [3.8, 4) is 12.0 Å². The molecule has 8 rings (SSSR count). The summed E-state index contributed by atoms with van der Waals surface area (Å²) in [5.41, 5.74) is 17.9. The highest BCUT2D eigenvalue weighted by atomic mass is 16.5. The van der Waals surface area contributed by atoms with Gasteiger partial charge >= 0.3 is 17.7 Å². The molecular weight excluding hydrogens is 743 g/mol. The van der Waals surface area contributed by atoms with Crippen LogP contribution >= 0.6 is 0 Å². The molecule has 0 bridgehead atoms. The predicted octanol–water partition coefficient (Wildman–Crippen LogP) is 3.14. The van der Waals surface area contributed by atoms with E-state index < -0.39 is 0 Å². The maximum atomic E-state index is 12.7. The zero-order valence-corrected chi connectivity index (χ0v) is 33.3. The zero-order chi connectivity index (χ0) is 40.4. The highest BCUT2D eigenvalue weighted by Crippen LogP contribution is 2.33. The monoisotopic (exact) mass is 795 g/mol. The summed E-state index contributed by atoms with van der Waals surface area (Å²) in [6, 6.07) is 17.0. The van der Waals surface area contributed by atoms with Gasteiger partial charge in [-0.05, 0) is 74.1 Å². The van der Waals surface area contributed by atoms with Gasteiger partial charge in [-0.3, -0.25) is 24.1 Å².